The van der Waals surface area contributed by atoms with Gasteiger partial charge in [0.15, 0.2) is 0 Å². The Hall–Kier alpha value is -1.35. The Balaban J connectivity index is 2.61. The molecule has 1 aromatic heterocycles. The lowest BCUT2D eigenvalue weighted by molar-refractivity contribution is 0.628. The van der Waals surface area contributed by atoms with E-state index >= 15 is 0 Å². The molecule has 0 aliphatic rings. The number of hydrogen-bond donors (Lipinski definition) is 0. The molecule has 0 fully saturated rings. The molecule has 1 nitrogen and oxygen atoms in total. The van der Waals surface area contributed by atoms with Crippen molar-refractivity contribution in [2.24, 2.45) is 0 Å². The third kappa shape index (κ3) is 2.02. The summed E-state index contributed by atoms with van der Waals surface area (Å²) < 4.78 is 13.7. The number of benzene rings is 1. The Morgan fingerprint density at radius 3 is 2.53 bits per heavy atom. The molecule has 2 rings (SSSR count). The summed E-state index contributed by atoms with van der Waals surface area (Å²) in [6, 6.07) is 8.76. The number of rotatable bonds is 2. The van der Waals surface area contributed by atoms with Crippen LogP contribution in [0.3, 0.4) is 0 Å². The van der Waals surface area contributed by atoms with E-state index in [1.54, 1.807) is 30.2 Å². The third-order valence-electron chi connectivity index (χ3n) is 2.16. The molecule has 0 saturated carbocycles. The van der Waals surface area contributed by atoms with Crippen molar-refractivity contribution >= 4 is 11.8 Å². The van der Waals surface area contributed by atoms with Gasteiger partial charge in [0.1, 0.15) is 5.82 Å². The fraction of sp³-hybridized carbons (Fsp3) is 0.0833. The Bertz CT molecular complexity index is 456. The first-order chi connectivity index (χ1) is 7.33. The van der Waals surface area contributed by atoms with E-state index in [9.17, 15) is 4.39 Å². The molecule has 2 aromatic rings. The minimum absolute atomic E-state index is 0.187. The number of hydrogen-bond acceptors (Lipinski definition) is 2. The first kappa shape index (κ1) is 10.2. The van der Waals surface area contributed by atoms with E-state index in [-0.39, 0.29) is 5.82 Å². The number of pyridine rings is 1. The van der Waals surface area contributed by atoms with Crippen LogP contribution in [-0.2, 0) is 0 Å². The maximum Gasteiger partial charge on any atom is 0.132 e. The summed E-state index contributed by atoms with van der Waals surface area (Å²) in [4.78, 5) is 4.87. The summed E-state index contributed by atoms with van der Waals surface area (Å²) in [6.45, 7) is 0. The molecule has 1 aromatic carbocycles. The summed E-state index contributed by atoms with van der Waals surface area (Å²) in [7, 11) is 0. The normalized spacial score (nSPS) is 10.3. The van der Waals surface area contributed by atoms with Gasteiger partial charge in [-0.2, -0.15) is 0 Å². The van der Waals surface area contributed by atoms with E-state index in [2.05, 4.69) is 4.98 Å². The van der Waals surface area contributed by atoms with Gasteiger partial charge in [-0.25, -0.2) is 4.39 Å². The van der Waals surface area contributed by atoms with E-state index in [1.807, 2.05) is 24.5 Å². The highest BCUT2D eigenvalue weighted by Gasteiger charge is 2.09. The molecule has 0 aliphatic carbocycles. The number of thioether (sulfide) groups is 1. The van der Waals surface area contributed by atoms with Crippen LogP contribution in [0.15, 0.2) is 47.6 Å². The van der Waals surface area contributed by atoms with E-state index in [0.717, 1.165) is 10.5 Å². The second-order valence-corrected chi connectivity index (χ2v) is 3.90. The topological polar surface area (TPSA) is 12.9 Å². The maximum atomic E-state index is 13.7. The van der Waals surface area contributed by atoms with Gasteiger partial charge in [-0.3, -0.25) is 4.98 Å². The molecule has 15 heavy (non-hydrogen) atoms. The molecule has 0 unspecified atom stereocenters. The van der Waals surface area contributed by atoms with Gasteiger partial charge in [0, 0.05) is 22.9 Å². The molecule has 1 heterocycles. The number of nitrogens with zero attached hydrogens (tertiary/aromatic N) is 1. The van der Waals surface area contributed by atoms with Crippen molar-refractivity contribution in [3.05, 3.63) is 48.5 Å². The van der Waals surface area contributed by atoms with Crippen LogP contribution in [0.1, 0.15) is 0 Å². The highest BCUT2D eigenvalue weighted by Crippen LogP contribution is 2.31. The van der Waals surface area contributed by atoms with Gasteiger partial charge in [0.25, 0.3) is 0 Å². The predicted molar refractivity (Wildman–Crippen MR) is 61.4 cm³/mol. The molecule has 0 radical (unpaired) electrons. The van der Waals surface area contributed by atoms with Crippen molar-refractivity contribution < 1.29 is 4.39 Å². The minimum Gasteiger partial charge on any atom is -0.265 e. The van der Waals surface area contributed by atoms with Crippen LogP contribution in [0.5, 0.6) is 0 Å². The maximum absolute atomic E-state index is 13.7. The summed E-state index contributed by atoms with van der Waals surface area (Å²) >= 11 is 1.54. The fourth-order valence-electron chi connectivity index (χ4n) is 1.47. The number of aromatic nitrogens is 1. The molecule has 0 aliphatic heterocycles. The largest absolute Gasteiger partial charge is 0.265 e. The Labute approximate surface area is 92.4 Å². The van der Waals surface area contributed by atoms with Crippen molar-refractivity contribution in [3.8, 4) is 11.1 Å². The Morgan fingerprint density at radius 1 is 1.13 bits per heavy atom. The van der Waals surface area contributed by atoms with Gasteiger partial charge in [-0.05, 0) is 36.1 Å². The molecule has 0 N–H and O–H groups in total. The Kier molecular flexibility index (Phi) is 3.02. The van der Waals surface area contributed by atoms with Gasteiger partial charge in [0.2, 0.25) is 0 Å². The van der Waals surface area contributed by atoms with Gasteiger partial charge >= 0.3 is 0 Å². The van der Waals surface area contributed by atoms with Gasteiger partial charge < -0.3 is 0 Å². The van der Waals surface area contributed by atoms with Crippen LogP contribution in [0.4, 0.5) is 4.39 Å². The molecular weight excluding hydrogens is 209 g/mol. The fourth-order valence-corrected chi connectivity index (χ4v) is 2.11. The van der Waals surface area contributed by atoms with Crippen LogP contribution in [0.25, 0.3) is 11.1 Å². The second kappa shape index (κ2) is 4.45. The molecule has 0 bridgehead atoms. The van der Waals surface area contributed by atoms with Crippen molar-refractivity contribution in [1.29, 1.82) is 0 Å². The van der Waals surface area contributed by atoms with E-state index in [1.165, 1.54) is 6.07 Å². The smallest absolute Gasteiger partial charge is 0.132 e. The lowest BCUT2D eigenvalue weighted by atomic mass is 10.1. The average molecular weight is 219 g/mol. The third-order valence-corrected chi connectivity index (χ3v) is 2.94. The predicted octanol–water partition coefficient (Wildman–Crippen LogP) is 3.61. The molecule has 3 heteroatoms. The van der Waals surface area contributed by atoms with Crippen LogP contribution >= 0.6 is 11.8 Å². The molecule has 0 atom stereocenters. The quantitative estimate of drug-likeness (QED) is 0.716. The van der Waals surface area contributed by atoms with Crippen LogP contribution in [0, 0.1) is 5.82 Å². The number of halogens is 1. The molecule has 76 valence electrons. The molecule has 0 amide bonds. The highest BCUT2D eigenvalue weighted by molar-refractivity contribution is 7.98. The monoisotopic (exact) mass is 219 g/mol. The van der Waals surface area contributed by atoms with E-state index < -0.39 is 0 Å². The van der Waals surface area contributed by atoms with Crippen molar-refractivity contribution in [1.82, 2.24) is 4.98 Å². The van der Waals surface area contributed by atoms with Crippen molar-refractivity contribution in [2.45, 2.75) is 4.90 Å². The second-order valence-electron chi connectivity index (χ2n) is 3.05. The van der Waals surface area contributed by atoms with Gasteiger partial charge in [-0.15, -0.1) is 11.8 Å². The molecular formula is C12H10FNS. The standard InChI is InChI=1S/C12H10FNS/c1-15-11-4-2-3-10(13)12(11)9-5-7-14-8-6-9/h2-8H,1H3. The van der Waals surface area contributed by atoms with Crippen LogP contribution in [0.2, 0.25) is 0 Å². The lowest BCUT2D eigenvalue weighted by Crippen LogP contribution is -1.87. The molecule has 0 saturated heterocycles. The zero-order valence-corrected chi connectivity index (χ0v) is 9.09. The average Bonchev–Trinajstić information content (AvgIpc) is 2.29. The summed E-state index contributed by atoms with van der Waals surface area (Å²) in [5.74, 6) is -0.187. The minimum atomic E-state index is -0.187. The van der Waals surface area contributed by atoms with E-state index in [4.69, 9.17) is 0 Å². The zero-order chi connectivity index (χ0) is 10.7. The SMILES string of the molecule is CSc1cccc(F)c1-c1ccncc1. The van der Waals surface area contributed by atoms with Gasteiger partial charge in [0.05, 0.1) is 0 Å². The van der Waals surface area contributed by atoms with Crippen molar-refractivity contribution in [3.63, 3.8) is 0 Å². The Morgan fingerprint density at radius 2 is 1.87 bits per heavy atom. The van der Waals surface area contributed by atoms with Crippen LogP contribution in [-0.4, -0.2) is 11.2 Å². The lowest BCUT2D eigenvalue weighted by Gasteiger charge is -2.07. The first-order valence-electron chi connectivity index (χ1n) is 4.56. The summed E-state index contributed by atoms with van der Waals surface area (Å²) in [5, 5.41) is 0. The van der Waals surface area contributed by atoms with Gasteiger partial charge in [-0.1, -0.05) is 6.07 Å². The molecule has 0 spiro atoms. The van der Waals surface area contributed by atoms with Crippen molar-refractivity contribution in [2.75, 3.05) is 6.26 Å². The zero-order valence-electron chi connectivity index (χ0n) is 8.27. The van der Waals surface area contributed by atoms with Crippen LogP contribution < -0.4 is 0 Å². The summed E-state index contributed by atoms with van der Waals surface area (Å²) in [6.07, 6.45) is 5.29. The van der Waals surface area contributed by atoms with E-state index in [0.29, 0.717) is 5.56 Å². The first-order valence-corrected chi connectivity index (χ1v) is 5.78. The highest BCUT2D eigenvalue weighted by atomic mass is 32.2. The summed E-state index contributed by atoms with van der Waals surface area (Å²) in [5.41, 5.74) is 1.53.